The molecule has 0 radical (unpaired) electrons. The number of carbonyl (C=O) groups is 2. The number of methoxy groups -OCH3 is 1. The second-order valence-corrected chi connectivity index (χ2v) is 13.1. The smallest absolute Gasteiger partial charge is 0.328 e. The van der Waals surface area contributed by atoms with Crippen LogP contribution in [0.2, 0.25) is 0 Å². The summed E-state index contributed by atoms with van der Waals surface area (Å²) >= 11 is 0. The number of nitrogens with one attached hydrogen (secondary N) is 1. The number of esters is 1. The van der Waals surface area contributed by atoms with Crippen molar-refractivity contribution in [1.29, 1.82) is 0 Å². The predicted octanol–water partition coefficient (Wildman–Crippen LogP) is 5.50. The van der Waals surface area contributed by atoms with Gasteiger partial charge in [0.05, 0.1) is 12.0 Å². The number of nitro groups is 1. The SMILES string of the molecule is COC(=O)C(Cc1ccc(OCCN(CC2CC2)S(=O)(=O)c2ccccc2[N+](=O)[O-])cc1)Nc1ccccc1C(=O)c1ccccc1. The Labute approximate surface area is 273 Å². The van der Waals surface area contributed by atoms with Crippen LogP contribution < -0.4 is 10.1 Å². The van der Waals surface area contributed by atoms with Crippen molar-refractivity contribution < 1.29 is 32.4 Å². The molecule has 244 valence electrons. The summed E-state index contributed by atoms with van der Waals surface area (Å²) in [6.07, 6.45) is 2.06. The monoisotopic (exact) mass is 657 g/mol. The number of ether oxygens (including phenoxy) is 2. The highest BCUT2D eigenvalue weighted by molar-refractivity contribution is 7.89. The summed E-state index contributed by atoms with van der Waals surface area (Å²) in [4.78, 5) is 36.5. The van der Waals surface area contributed by atoms with E-state index in [4.69, 9.17) is 9.47 Å². The first kappa shape index (κ1) is 33.3. The zero-order chi connectivity index (χ0) is 33.4. The standard InChI is InChI=1S/C35H35N3O8S/c1-45-35(40)31(36-30-12-6-5-11-29(30)34(39)27-9-3-2-4-10-27)23-25-17-19-28(20-18-25)46-22-21-37(24-26-15-16-26)47(43,44)33-14-8-7-13-32(33)38(41)42/h2-14,17-20,26,31,36H,15-16,21-24H2,1H3. The van der Waals surface area contributed by atoms with Crippen molar-refractivity contribution in [2.24, 2.45) is 5.92 Å². The first-order valence-corrected chi connectivity index (χ1v) is 16.6. The molecule has 0 aliphatic heterocycles. The van der Waals surface area contributed by atoms with Gasteiger partial charge in [-0.15, -0.1) is 0 Å². The zero-order valence-corrected chi connectivity index (χ0v) is 26.6. The van der Waals surface area contributed by atoms with Crippen LogP contribution in [0.15, 0.2) is 108 Å². The maximum atomic E-state index is 13.5. The molecule has 1 aliphatic rings. The third-order valence-electron chi connectivity index (χ3n) is 7.83. The summed E-state index contributed by atoms with van der Waals surface area (Å²) in [5.41, 5.74) is 1.79. The fourth-order valence-electron chi connectivity index (χ4n) is 5.16. The van der Waals surface area contributed by atoms with Gasteiger partial charge in [-0.05, 0) is 54.7 Å². The van der Waals surface area contributed by atoms with Crippen LogP contribution in [0.5, 0.6) is 5.75 Å². The Morgan fingerprint density at radius 2 is 1.60 bits per heavy atom. The molecule has 4 aromatic rings. The fraction of sp³-hybridized carbons (Fsp3) is 0.257. The summed E-state index contributed by atoms with van der Waals surface area (Å²) in [6, 6.07) is 27.4. The van der Waals surface area contributed by atoms with Gasteiger partial charge in [0.25, 0.3) is 5.69 Å². The summed E-state index contributed by atoms with van der Waals surface area (Å²) in [5, 5.41) is 14.7. The Morgan fingerprint density at radius 3 is 2.28 bits per heavy atom. The van der Waals surface area contributed by atoms with Crippen molar-refractivity contribution in [2.75, 3.05) is 32.1 Å². The Morgan fingerprint density at radius 1 is 0.936 bits per heavy atom. The topological polar surface area (TPSA) is 145 Å². The van der Waals surface area contributed by atoms with Gasteiger partial charge >= 0.3 is 5.97 Å². The van der Waals surface area contributed by atoms with E-state index in [-0.39, 0.29) is 42.7 Å². The van der Waals surface area contributed by atoms with Crippen LogP contribution in [-0.2, 0) is 26.0 Å². The van der Waals surface area contributed by atoms with Crippen molar-refractivity contribution in [3.63, 3.8) is 0 Å². The average molecular weight is 658 g/mol. The lowest BCUT2D eigenvalue weighted by Crippen LogP contribution is -2.36. The highest BCUT2D eigenvalue weighted by Gasteiger charge is 2.35. The number of para-hydroxylation sites is 2. The quantitative estimate of drug-likeness (QED) is 0.0714. The number of rotatable bonds is 16. The van der Waals surface area contributed by atoms with Crippen LogP contribution in [-0.4, -0.2) is 62.2 Å². The third kappa shape index (κ3) is 8.40. The molecule has 0 aromatic heterocycles. The molecule has 0 bridgehead atoms. The third-order valence-corrected chi connectivity index (χ3v) is 9.75. The molecule has 0 heterocycles. The van der Waals surface area contributed by atoms with Gasteiger partial charge in [-0.25, -0.2) is 13.2 Å². The van der Waals surface area contributed by atoms with Crippen LogP contribution in [0.25, 0.3) is 0 Å². The first-order chi connectivity index (χ1) is 22.7. The van der Waals surface area contributed by atoms with Crippen LogP contribution in [0.3, 0.4) is 0 Å². The molecule has 5 rings (SSSR count). The molecule has 1 atom stereocenters. The van der Waals surface area contributed by atoms with E-state index in [1.165, 1.54) is 35.7 Å². The van der Waals surface area contributed by atoms with Crippen molar-refractivity contribution >= 4 is 33.2 Å². The number of ketones is 1. The number of benzene rings is 4. The number of nitro benzene ring substituents is 1. The fourth-order valence-corrected chi connectivity index (χ4v) is 6.82. The molecule has 1 unspecified atom stereocenters. The second kappa shape index (κ2) is 15.0. The van der Waals surface area contributed by atoms with E-state index in [0.29, 0.717) is 22.6 Å². The number of hydrogen-bond donors (Lipinski definition) is 1. The van der Waals surface area contributed by atoms with Crippen LogP contribution in [0.4, 0.5) is 11.4 Å². The van der Waals surface area contributed by atoms with Crippen LogP contribution in [0.1, 0.15) is 34.3 Å². The Bertz CT molecular complexity index is 1830. The van der Waals surface area contributed by atoms with E-state index in [1.54, 1.807) is 72.8 Å². The van der Waals surface area contributed by atoms with Crippen molar-refractivity contribution in [3.8, 4) is 5.75 Å². The summed E-state index contributed by atoms with van der Waals surface area (Å²) in [7, 11) is -2.82. The van der Waals surface area contributed by atoms with Gasteiger partial charge in [-0.1, -0.05) is 66.7 Å². The number of sulfonamides is 1. The molecule has 1 N–H and O–H groups in total. The maximum Gasteiger partial charge on any atom is 0.328 e. The molecule has 1 fully saturated rings. The Balaban J connectivity index is 1.24. The van der Waals surface area contributed by atoms with Crippen LogP contribution in [0, 0.1) is 16.0 Å². The number of nitrogens with zero attached hydrogens (tertiary/aromatic N) is 2. The molecule has 0 saturated heterocycles. The van der Waals surface area contributed by atoms with E-state index >= 15 is 0 Å². The van der Waals surface area contributed by atoms with Crippen molar-refractivity contribution in [2.45, 2.75) is 30.2 Å². The first-order valence-electron chi connectivity index (χ1n) is 15.2. The molecule has 11 nitrogen and oxygen atoms in total. The maximum absolute atomic E-state index is 13.5. The minimum Gasteiger partial charge on any atom is -0.492 e. The van der Waals surface area contributed by atoms with E-state index in [9.17, 15) is 28.1 Å². The van der Waals surface area contributed by atoms with Crippen molar-refractivity contribution in [3.05, 3.63) is 130 Å². The lowest BCUT2D eigenvalue weighted by molar-refractivity contribution is -0.387. The molecule has 12 heteroatoms. The minimum atomic E-state index is -4.13. The van der Waals surface area contributed by atoms with Gasteiger partial charge in [-0.3, -0.25) is 14.9 Å². The van der Waals surface area contributed by atoms with E-state index < -0.39 is 32.6 Å². The lowest BCUT2D eigenvalue weighted by Gasteiger charge is -2.22. The molecular formula is C35H35N3O8S. The number of hydrogen-bond acceptors (Lipinski definition) is 9. The molecule has 0 spiro atoms. The lowest BCUT2D eigenvalue weighted by atomic mass is 10.00. The molecule has 4 aromatic carbocycles. The van der Waals surface area contributed by atoms with E-state index in [2.05, 4.69) is 5.32 Å². The summed E-state index contributed by atoms with van der Waals surface area (Å²) in [6.45, 7) is 0.311. The van der Waals surface area contributed by atoms with Gasteiger partial charge in [0, 0.05) is 42.4 Å². The molecular weight excluding hydrogens is 622 g/mol. The van der Waals surface area contributed by atoms with Gasteiger partial charge < -0.3 is 14.8 Å². The van der Waals surface area contributed by atoms with Gasteiger partial charge in [0.15, 0.2) is 10.7 Å². The van der Waals surface area contributed by atoms with Gasteiger partial charge in [0.2, 0.25) is 10.0 Å². The molecule has 47 heavy (non-hydrogen) atoms. The van der Waals surface area contributed by atoms with Crippen molar-refractivity contribution in [1.82, 2.24) is 4.31 Å². The molecule has 0 amide bonds. The zero-order valence-electron chi connectivity index (χ0n) is 25.8. The van der Waals surface area contributed by atoms with E-state index in [1.807, 2.05) is 6.07 Å². The van der Waals surface area contributed by atoms with Gasteiger partial charge in [0.1, 0.15) is 18.4 Å². The number of carbonyl (C=O) groups excluding carboxylic acids is 2. The average Bonchev–Trinajstić information content (AvgIpc) is 3.92. The second-order valence-electron chi connectivity index (χ2n) is 11.2. The normalized spacial score (nSPS) is 13.5. The van der Waals surface area contributed by atoms with Crippen LogP contribution >= 0.6 is 0 Å². The Hall–Kier alpha value is -5.07. The van der Waals surface area contributed by atoms with Gasteiger partial charge in [-0.2, -0.15) is 4.31 Å². The highest BCUT2D eigenvalue weighted by atomic mass is 32.2. The molecule has 1 saturated carbocycles. The largest absolute Gasteiger partial charge is 0.492 e. The van der Waals surface area contributed by atoms with E-state index in [0.717, 1.165) is 18.4 Å². The minimum absolute atomic E-state index is 0.0160. The highest BCUT2D eigenvalue weighted by Crippen LogP contribution is 2.33. The Kier molecular flexibility index (Phi) is 10.6. The summed E-state index contributed by atoms with van der Waals surface area (Å²) < 4.78 is 39.1. The number of anilines is 1. The summed E-state index contributed by atoms with van der Waals surface area (Å²) in [5.74, 6) is 0.0309. The predicted molar refractivity (Wildman–Crippen MR) is 176 cm³/mol. The molecule has 1 aliphatic carbocycles.